The number of piperidine rings is 1. The van der Waals surface area contributed by atoms with Gasteiger partial charge in [-0.3, -0.25) is 4.79 Å². The van der Waals surface area contributed by atoms with Crippen LogP contribution >= 0.6 is 0 Å². The molecule has 1 saturated carbocycles. The van der Waals surface area contributed by atoms with Crippen LogP contribution in [0.5, 0.6) is 0 Å². The molecular formula is C17H33N3O. The van der Waals surface area contributed by atoms with Crippen LogP contribution in [0.3, 0.4) is 0 Å². The van der Waals surface area contributed by atoms with Gasteiger partial charge >= 0.3 is 0 Å². The predicted molar refractivity (Wildman–Crippen MR) is 87.2 cm³/mol. The molecular weight excluding hydrogens is 262 g/mol. The number of fused-ring (bicyclic) bond motifs is 2. The Balaban J connectivity index is 1.92. The molecule has 2 rings (SSSR count). The molecule has 1 aliphatic carbocycles. The lowest BCUT2D eigenvalue weighted by atomic mass is 9.73. The van der Waals surface area contributed by atoms with Crippen molar-refractivity contribution in [1.29, 1.82) is 0 Å². The minimum atomic E-state index is -0.0738. The largest absolute Gasteiger partial charge is 0.355 e. The molecule has 3 unspecified atom stereocenters. The zero-order valence-electron chi connectivity index (χ0n) is 14.2. The minimum Gasteiger partial charge on any atom is -0.355 e. The summed E-state index contributed by atoms with van der Waals surface area (Å²) in [4.78, 5) is 14.7. The molecule has 4 nitrogen and oxygen atoms in total. The van der Waals surface area contributed by atoms with Crippen LogP contribution in [0.4, 0.5) is 0 Å². The zero-order valence-corrected chi connectivity index (χ0v) is 14.2. The smallest absolute Gasteiger partial charge is 0.236 e. The van der Waals surface area contributed by atoms with Gasteiger partial charge < -0.3 is 15.5 Å². The molecule has 0 aromatic rings. The van der Waals surface area contributed by atoms with E-state index in [0.717, 1.165) is 13.0 Å². The summed E-state index contributed by atoms with van der Waals surface area (Å²) in [5.74, 6) is 1.57. The number of carbonyl (C=O) groups excluding carboxylic acids is 1. The number of amides is 1. The van der Waals surface area contributed by atoms with E-state index in [9.17, 15) is 4.79 Å². The fraction of sp³-hybridized carbons (Fsp3) is 0.941. The van der Waals surface area contributed by atoms with Crippen molar-refractivity contribution in [2.75, 3.05) is 19.6 Å². The number of nitrogens with one attached hydrogen (secondary N) is 2. The predicted octanol–water partition coefficient (Wildman–Crippen LogP) is 2.00. The highest BCUT2D eigenvalue weighted by atomic mass is 16.2. The summed E-state index contributed by atoms with van der Waals surface area (Å²) in [6.07, 6.45) is 4.97. The monoisotopic (exact) mass is 295 g/mol. The van der Waals surface area contributed by atoms with E-state index in [1.165, 1.54) is 32.4 Å². The molecule has 0 radical (unpaired) electrons. The third kappa shape index (κ3) is 4.19. The van der Waals surface area contributed by atoms with Crippen LogP contribution in [0.1, 0.15) is 53.4 Å². The highest BCUT2D eigenvalue weighted by molar-refractivity contribution is 5.81. The van der Waals surface area contributed by atoms with Gasteiger partial charge in [0, 0.05) is 31.7 Å². The van der Waals surface area contributed by atoms with E-state index in [0.29, 0.717) is 23.9 Å². The quantitative estimate of drug-likeness (QED) is 0.788. The zero-order chi connectivity index (χ0) is 15.4. The van der Waals surface area contributed by atoms with Crippen LogP contribution < -0.4 is 10.6 Å². The van der Waals surface area contributed by atoms with Crippen molar-refractivity contribution in [3.63, 3.8) is 0 Å². The molecule has 122 valence electrons. The lowest BCUT2D eigenvalue weighted by Crippen LogP contribution is -2.61. The average molecular weight is 295 g/mol. The Hall–Kier alpha value is -0.610. The van der Waals surface area contributed by atoms with E-state index in [-0.39, 0.29) is 11.9 Å². The van der Waals surface area contributed by atoms with Crippen LogP contribution in [-0.4, -0.2) is 48.6 Å². The Labute approximate surface area is 130 Å². The first-order valence-electron chi connectivity index (χ1n) is 8.80. The molecule has 1 saturated heterocycles. The second-order valence-corrected chi connectivity index (χ2v) is 7.20. The van der Waals surface area contributed by atoms with Crippen molar-refractivity contribution in [3.8, 4) is 0 Å². The van der Waals surface area contributed by atoms with Gasteiger partial charge in [0.25, 0.3) is 0 Å². The highest BCUT2D eigenvalue weighted by Gasteiger charge is 2.40. The standard InChI is InChI=1S/C17H33N3O/c1-5-9-18-17(21)13(4)19-16-14-7-6-8-15(16)11-20(10-14)12(2)3/h12-16,19H,5-11H2,1-4H3,(H,18,21). The number of carbonyl (C=O) groups is 1. The summed E-state index contributed by atoms with van der Waals surface area (Å²) >= 11 is 0. The van der Waals surface area contributed by atoms with Crippen LogP contribution in [0.25, 0.3) is 0 Å². The van der Waals surface area contributed by atoms with E-state index < -0.39 is 0 Å². The van der Waals surface area contributed by atoms with Gasteiger partial charge in [-0.1, -0.05) is 13.3 Å². The van der Waals surface area contributed by atoms with Gasteiger partial charge in [0.1, 0.15) is 0 Å². The maximum atomic E-state index is 12.1. The van der Waals surface area contributed by atoms with Crippen molar-refractivity contribution in [3.05, 3.63) is 0 Å². The molecule has 1 amide bonds. The Morgan fingerprint density at radius 2 is 1.81 bits per heavy atom. The van der Waals surface area contributed by atoms with Crippen molar-refractivity contribution in [2.45, 2.75) is 71.5 Å². The summed E-state index contributed by atoms with van der Waals surface area (Å²) in [5.41, 5.74) is 0. The van der Waals surface area contributed by atoms with Gasteiger partial charge in [0.2, 0.25) is 5.91 Å². The molecule has 3 atom stereocenters. The molecule has 0 aromatic heterocycles. The van der Waals surface area contributed by atoms with Gasteiger partial charge in [0.15, 0.2) is 0 Å². The number of likely N-dealkylation sites (tertiary alicyclic amines) is 1. The van der Waals surface area contributed by atoms with Crippen molar-refractivity contribution in [2.24, 2.45) is 11.8 Å². The number of hydrogen-bond donors (Lipinski definition) is 2. The lowest BCUT2D eigenvalue weighted by Gasteiger charge is -2.49. The van der Waals surface area contributed by atoms with Crippen molar-refractivity contribution in [1.82, 2.24) is 15.5 Å². The van der Waals surface area contributed by atoms with Gasteiger partial charge in [-0.15, -0.1) is 0 Å². The maximum absolute atomic E-state index is 12.1. The topological polar surface area (TPSA) is 44.4 Å². The second kappa shape index (κ2) is 7.59. The third-order valence-electron chi connectivity index (χ3n) is 5.22. The Bertz CT molecular complexity index is 331. The molecule has 4 heteroatoms. The van der Waals surface area contributed by atoms with Crippen LogP contribution in [0.15, 0.2) is 0 Å². The van der Waals surface area contributed by atoms with Gasteiger partial charge in [-0.25, -0.2) is 0 Å². The summed E-state index contributed by atoms with van der Waals surface area (Å²) in [6.45, 7) is 11.8. The number of hydrogen-bond acceptors (Lipinski definition) is 3. The molecule has 2 aliphatic rings. The fourth-order valence-electron chi connectivity index (χ4n) is 3.93. The van der Waals surface area contributed by atoms with E-state index in [2.05, 4.69) is 36.3 Å². The van der Waals surface area contributed by atoms with Gasteiger partial charge in [-0.2, -0.15) is 0 Å². The van der Waals surface area contributed by atoms with Crippen molar-refractivity contribution >= 4 is 5.91 Å². The summed E-state index contributed by atoms with van der Waals surface area (Å²) < 4.78 is 0. The number of nitrogens with zero attached hydrogens (tertiary/aromatic N) is 1. The molecule has 21 heavy (non-hydrogen) atoms. The van der Waals surface area contributed by atoms with Gasteiger partial charge in [0.05, 0.1) is 6.04 Å². The van der Waals surface area contributed by atoms with E-state index in [4.69, 9.17) is 0 Å². The summed E-state index contributed by atoms with van der Waals surface area (Å²) in [5, 5.41) is 6.65. The summed E-state index contributed by atoms with van der Waals surface area (Å²) in [7, 11) is 0. The molecule has 2 fully saturated rings. The minimum absolute atomic E-state index is 0.0738. The van der Waals surface area contributed by atoms with Gasteiger partial charge in [-0.05, 0) is 51.9 Å². The lowest BCUT2D eigenvalue weighted by molar-refractivity contribution is -0.123. The first-order chi connectivity index (χ1) is 10.0. The average Bonchev–Trinajstić information content (AvgIpc) is 2.43. The second-order valence-electron chi connectivity index (χ2n) is 7.20. The molecule has 2 N–H and O–H groups in total. The third-order valence-corrected chi connectivity index (χ3v) is 5.22. The van der Waals surface area contributed by atoms with E-state index in [1.807, 2.05) is 6.92 Å². The molecule has 2 bridgehead atoms. The van der Waals surface area contributed by atoms with E-state index >= 15 is 0 Å². The molecule has 1 heterocycles. The first-order valence-corrected chi connectivity index (χ1v) is 8.80. The highest BCUT2D eigenvalue weighted by Crippen LogP contribution is 2.35. The van der Waals surface area contributed by atoms with Crippen LogP contribution in [-0.2, 0) is 4.79 Å². The van der Waals surface area contributed by atoms with Crippen LogP contribution in [0.2, 0.25) is 0 Å². The Morgan fingerprint density at radius 3 is 2.33 bits per heavy atom. The SMILES string of the molecule is CCCNC(=O)C(C)NC1C2CCCC1CN(C(C)C)C2. The Morgan fingerprint density at radius 1 is 1.19 bits per heavy atom. The Kier molecular flexibility index (Phi) is 6.06. The van der Waals surface area contributed by atoms with Crippen molar-refractivity contribution < 1.29 is 4.79 Å². The number of rotatable bonds is 6. The molecule has 0 aromatic carbocycles. The molecule has 0 spiro atoms. The molecule has 1 aliphatic heterocycles. The first kappa shape index (κ1) is 16.8. The van der Waals surface area contributed by atoms with E-state index in [1.54, 1.807) is 0 Å². The fourth-order valence-corrected chi connectivity index (χ4v) is 3.93. The normalized spacial score (nSPS) is 31.2. The maximum Gasteiger partial charge on any atom is 0.236 e. The summed E-state index contributed by atoms with van der Waals surface area (Å²) in [6, 6.07) is 1.09. The van der Waals surface area contributed by atoms with Crippen LogP contribution in [0, 0.1) is 11.8 Å².